The van der Waals surface area contributed by atoms with Crippen molar-refractivity contribution in [2.45, 2.75) is 53.7 Å². The second kappa shape index (κ2) is 9.16. The summed E-state index contributed by atoms with van der Waals surface area (Å²) in [6.45, 7) is 12.2. The lowest BCUT2D eigenvalue weighted by atomic mass is 10.1. The van der Waals surface area contributed by atoms with Crippen molar-refractivity contribution in [1.82, 2.24) is 5.32 Å². The molecule has 1 aromatic heterocycles. The first kappa shape index (κ1) is 16.3. The largest absolute Gasteiger partial charge is 0.467 e. The molecule has 0 unspecified atom stereocenters. The minimum Gasteiger partial charge on any atom is -0.467 e. The Balaban J connectivity index is 2.21. The molecule has 0 aromatic carbocycles. The third-order valence-corrected chi connectivity index (χ3v) is 3.01. The maximum atomic E-state index is 5.67. The maximum absolute atomic E-state index is 5.67. The summed E-state index contributed by atoms with van der Waals surface area (Å²) in [5, 5.41) is 3.43. The lowest BCUT2D eigenvalue weighted by Gasteiger charge is -2.08. The minimum atomic E-state index is 0.587. The van der Waals surface area contributed by atoms with Crippen molar-refractivity contribution < 1.29 is 9.15 Å². The van der Waals surface area contributed by atoms with Gasteiger partial charge in [0.15, 0.2) is 0 Å². The van der Waals surface area contributed by atoms with E-state index < -0.39 is 0 Å². The molecule has 19 heavy (non-hydrogen) atoms. The van der Waals surface area contributed by atoms with Crippen LogP contribution in [0.5, 0.6) is 0 Å². The van der Waals surface area contributed by atoms with E-state index in [0.29, 0.717) is 12.5 Å². The van der Waals surface area contributed by atoms with Crippen molar-refractivity contribution >= 4 is 0 Å². The molecule has 1 N–H and O–H groups in total. The molecule has 1 rings (SSSR count). The van der Waals surface area contributed by atoms with Crippen molar-refractivity contribution in [2.75, 3.05) is 13.2 Å². The fraction of sp³-hybridized carbons (Fsp3) is 0.750. The quantitative estimate of drug-likeness (QED) is 0.651. The average molecular weight is 267 g/mol. The number of rotatable bonds is 10. The summed E-state index contributed by atoms with van der Waals surface area (Å²) in [6, 6.07) is 2.03. The van der Waals surface area contributed by atoms with E-state index in [9.17, 15) is 0 Å². The van der Waals surface area contributed by atoms with Crippen LogP contribution in [0.25, 0.3) is 0 Å². The van der Waals surface area contributed by atoms with Gasteiger partial charge in [0.05, 0.1) is 6.26 Å². The summed E-state index contributed by atoms with van der Waals surface area (Å²) in [6.07, 6.45) is 4.10. The molecule has 0 aliphatic rings. The summed E-state index contributed by atoms with van der Waals surface area (Å²) in [4.78, 5) is 0. The van der Waals surface area contributed by atoms with Crippen LogP contribution in [0.2, 0.25) is 0 Å². The maximum Gasteiger partial charge on any atom is 0.133 e. The molecule has 0 spiro atoms. The van der Waals surface area contributed by atoms with Crippen LogP contribution >= 0.6 is 0 Å². The second-order valence-electron chi connectivity index (χ2n) is 5.98. The van der Waals surface area contributed by atoms with E-state index in [0.717, 1.165) is 37.8 Å². The zero-order chi connectivity index (χ0) is 14.1. The Morgan fingerprint density at radius 1 is 1.21 bits per heavy atom. The monoisotopic (exact) mass is 267 g/mol. The van der Waals surface area contributed by atoms with Gasteiger partial charge < -0.3 is 14.5 Å². The van der Waals surface area contributed by atoms with Crippen molar-refractivity contribution in [2.24, 2.45) is 11.8 Å². The van der Waals surface area contributed by atoms with Gasteiger partial charge >= 0.3 is 0 Å². The predicted molar refractivity (Wildman–Crippen MR) is 79.0 cm³/mol. The summed E-state index contributed by atoms with van der Waals surface area (Å²) in [7, 11) is 0. The number of ether oxygens (including phenoxy) is 1. The zero-order valence-corrected chi connectivity index (χ0v) is 12.9. The van der Waals surface area contributed by atoms with E-state index in [4.69, 9.17) is 9.15 Å². The number of nitrogens with one attached hydrogen (secondary N) is 1. The van der Waals surface area contributed by atoms with Crippen LogP contribution in [-0.4, -0.2) is 13.2 Å². The highest BCUT2D eigenvalue weighted by molar-refractivity contribution is 5.16. The van der Waals surface area contributed by atoms with Gasteiger partial charge in [-0.2, -0.15) is 0 Å². The van der Waals surface area contributed by atoms with Gasteiger partial charge in [-0.05, 0) is 37.3 Å². The van der Waals surface area contributed by atoms with Crippen molar-refractivity contribution in [1.29, 1.82) is 0 Å². The highest BCUT2D eigenvalue weighted by Crippen LogP contribution is 2.12. The third kappa shape index (κ3) is 7.38. The van der Waals surface area contributed by atoms with Gasteiger partial charge in [0.25, 0.3) is 0 Å². The van der Waals surface area contributed by atoms with Crippen LogP contribution < -0.4 is 5.32 Å². The van der Waals surface area contributed by atoms with Gasteiger partial charge in [0.1, 0.15) is 12.4 Å². The first-order valence-corrected chi connectivity index (χ1v) is 7.43. The van der Waals surface area contributed by atoms with Crippen molar-refractivity contribution in [3.63, 3.8) is 0 Å². The Hall–Kier alpha value is -0.800. The smallest absolute Gasteiger partial charge is 0.133 e. The van der Waals surface area contributed by atoms with Gasteiger partial charge in [-0.1, -0.05) is 27.7 Å². The Labute approximate surface area is 117 Å². The summed E-state index contributed by atoms with van der Waals surface area (Å²) in [5.74, 6) is 2.38. The molecule has 0 aliphatic carbocycles. The fourth-order valence-electron chi connectivity index (χ4n) is 1.91. The van der Waals surface area contributed by atoms with E-state index in [-0.39, 0.29) is 0 Å². The topological polar surface area (TPSA) is 34.4 Å². The molecular weight excluding hydrogens is 238 g/mol. The van der Waals surface area contributed by atoms with E-state index >= 15 is 0 Å². The third-order valence-electron chi connectivity index (χ3n) is 3.01. The highest BCUT2D eigenvalue weighted by Gasteiger charge is 2.06. The first-order valence-electron chi connectivity index (χ1n) is 7.43. The molecule has 0 amide bonds. The first-order chi connectivity index (χ1) is 9.09. The molecular formula is C16H29NO2. The van der Waals surface area contributed by atoms with Crippen molar-refractivity contribution in [3.05, 3.63) is 23.7 Å². The van der Waals surface area contributed by atoms with E-state index in [2.05, 4.69) is 33.0 Å². The molecule has 1 heterocycles. The van der Waals surface area contributed by atoms with Crippen molar-refractivity contribution in [3.8, 4) is 0 Å². The standard InChI is InChI=1S/C16H29NO2/c1-13(2)6-5-8-18-12-16-15(7-9-19-16)11-17-10-14(3)4/h7,9,13-14,17H,5-6,8,10-12H2,1-4H3. The molecule has 0 saturated heterocycles. The Kier molecular flexibility index (Phi) is 7.84. The predicted octanol–water partition coefficient (Wildman–Crippen LogP) is 3.98. The van der Waals surface area contributed by atoms with Gasteiger partial charge in [0, 0.05) is 18.7 Å². The average Bonchev–Trinajstić information content (AvgIpc) is 2.75. The molecule has 110 valence electrons. The summed E-state index contributed by atoms with van der Waals surface area (Å²) < 4.78 is 11.2. The number of hydrogen-bond acceptors (Lipinski definition) is 3. The Bertz CT molecular complexity index is 331. The summed E-state index contributed by atoms with van der Waals surface area (Å²) in [5.41, 5.74) is 1.21. The minimum absolute atomic E-state index is 0.587. The molecule has 0 atom stereocenters. The van der Waals surface area contributed by atoms with Crippen LogP contribution in [-0.2, 0) is 17.9 Å². The van der Waals surface area contributed by atoms with Crippen LogP contribution in [0.1, 0.15) is 51.9 Å². The van der Waals surface area contributed by atoms with Crippen LogP contribution in [0.4, 0.5) is 0 Å². The SMILES string of the molecule is CC(C)CCCOCc1occc1CNCC(C)C. The fourth-order valence-corrected chi connectivity index (χ4v) is 1.91. The zero-order valence-electron chi connectivity index (χ0n) is 12.9. The Morgan fingerprint density at radius 2 is 2.00 bits per heavy atom. The molecule has 0 fully saturated rings. The lowest BCUT2D eigenvalue weighted by Crippen LogP contribution is -2.19. The normalized spacial score (nSPS) is 11.7. The van der Waals surface area contributed by atoms with Crippen LogP contribution in [0.15, 0.2) is 16.7 Å². The molecule has 3 heteroatoms. The molecule has 0 bridgehead atoms. The van der Waals surface area contributed by atoms with Gasteiger partial charge in [-0.25, -0.2) is 0 Å². The van der Waals surface area contributed by atoms with E-state index in [1.165, 1.54) is 12.0 Å². The molecule has 0 radical (unpaired) electrons. The second-order valence-corrected chi connectivity index (χ2v) is 5.98. The number of furan rings is 1. The molecule has 3 nitrogen and oxygen atoms in total. The van der Waals surface area contributed by atoms with Gasteiger partial charge in [0.2, 0.25) is 0 Å². The van der Waals surface area contributed by atoms with E-state index in [1.54, 1.807) is 6.26 Å². The van der Waals surface area contributed by atoms with Gasteiger partial charge in [-0.3, -0.25) is 0 Å². The molecule has 0 aliphatic heterocycles. The Morgan fingerprint density at radius 3 is 2.68 bits per heavy atom. The molecule has 1 aromatic rings. The highest BCUT2D eigenvalue weighted by atomic mass is 16.5. The van der Waals surface area contributed by atoms with Crippen LogP contribution in [0, 0.1) is 11.8 Å². The van der Waals surface area contributed by atoms with E-state index in [1.807, 2.05) is 6.07 Å². The lowest BCUT2D eigenvalue weighted by molar-refractivity contribution is 0.0999. The number of hydrogen-bond donors (Lipinski definition) is 1. The molecule has 0 saturated carbocycles. The summed E-state index contributed by atoms with van der Waals surface area (Å²) >= 11 is 0. The van der Waals surface area contributed by atoms with Crippen LogP contribution in [0.3, 0.4) is 0 Å². The van der Waals surface area contributed by atoms with Gasteiger partial charge in [-0.15, -0.1) is 0 Å².